The van der Waals surface area contributed by atoms with Gasteiger partial charge in [0.2, 0.25) is 10.0 Å². The molecule has 1 unspecified atom stereocenters. The van der Waals surface area contributed by atoms with E-state index in [2.05, 4.69) is 6.92 Å². The summed E-state index contributed by atoms with van der Waals surface area (Å²) in [4.78, 5) is 0. The van der Waals surface area contributed by atoms with Gasteiger partial charge in [0.05, 0.1) is 5.75 Å². The summed E-state index contributed by atoms with van der Waals surface area (Å²) in [5.41, 5.74) is 0.786. The molecule has 0 N–H and O–H groups in total. The van der Waals surface area contributed by atoms with Crippen LogP contribution >= 0.6 is 11.6 Å². The van der Waals surface area contributed by atoms with Gasteiger partial charge in [-0.3, -0.25) is 0 Å². The summed E-state index contributed by atoms with van der Waals surface area (Å²) in [6.45, 7) is 3.38. The highest BCUT2D eigenvalue weighted by atomic mass is 35.5. The molecular weight excluding hydrogens is 258 g/mol. The molecule has 1 aliphatic rings. The average molecular weight is 274 g/mol. The lowest BCUT2D eigenvalue weighted by molar-refractivity contribution is 0.463. The summed E-state index contributed by atoms with van der Waals surface area (Å²) >= 11 is 5.77. The summed E-state index contributed by atoms with van der Waals surface area (Å²) in [5.74, 6) is 0.534. The van der Waals surface area contributed by atoms with Crippen molar-refractivity contribution in [3.05, 3.63) is 34.9 Å². The lowest BCUT2D eigenvalue weighted by Gasteiger charge is -2.15. The lowest BCUT2D eigenvalue weighted by atomic mass is 10.2. The quantitative estimate of drug-likeness (QED) is 0.849. The lowest BCUT2D eigenvalue weighted by Crippen LogP contribution is -2.29. The van der Waals surface area contributed by atoms with Crippen molar-refractivity contribution < 1.29 is 8.42 Å². The van der Waals surface area contributed by atoms with Gasteiger partial charge in [0.15, 0.2) is 0 Å². The molecule has 1 atom stereocenters. The average Bonchev–Trinajstić information content (AvgIpc) is 2.69. The van der Waals surface area contributed by atoms with Gasteiger partial charge in [-0.05, 0) is 30.0 Å². The Morgan fingerprint density at radius 2 is 2.00 bits per heavy atom. The standard InChI is InChI=1S/C12H16ClNO2S/c1-10-6-7-14(8-10)17(15,16)9-11-2-4-12(13)5-3-11/h2-5,10H,6-9H2,1H3. The van der Waals surface area contributed by atoms with Crippen LogP contribution in [0.2, 0.25) is 5.02 Å². The van der Waals surface area contributed by atoms with Crippen molar-refractivity contribution in [3.63, 3.8) is 0 Å². The number of nitrogens with zero attached hydrogens (tertiary/aromatic N) is 1. The van der Waals surface area contributed by atoms with Crippen molar-refractivity contribution in [1.82, 2.24) is 4.31 Å². The van der Waals surface area contributed by atoms with Crippen LogP contribution < -0.4 is 0 Å². The largest absolute Gasteiger partial charge is 0.218 e. The van der Waals surface area contributed by atoms with Gasteiger partial charge >= 0.3 is 0 Å². The van der Waals surface area contributed by atoms with Crippen LogP contribution in [0.15, 0.2) is 24.3 Å². The molecule has 0 amide bonds. The van der Waals surface area contributed by atoms with E-state index in [9.17, 15) is 8.42 Å². The Morgan fingerprint density at radius 3 is 2.53 bits per heavy atom. The molecule has 5 heteroatoms. The number of benzene rings is 1. The van der Waals surface area contributed by atoms with Gasteiger partial charge in [-0.2, -0.15) is 0 Å². The van der Waals surface area contributed by atoms with Gasteiger partial charge in [-0.1, -0.05) is 30.7 Å². The second-order valence-corrected chi connectivity index (χ2v) is 7.04. The first-order valence-corrected chi connectivity index (χ1v) is 7.68. The maximum atomic E-state index is 12.1. The second-order valence-electron chi connectivity index (χ2n) is 4.63. The van der Waals surface area contributed by atoms with Gasteiger partial charge in [-0.25, -0.2) is 12.7 Å². The molecule has 2 rings (SSSR count). The van der Waals surface area contributed by atoms with Crippen LogP contribution in [0.5, 0.6) is 0 Å². The van der Waals surface area contributed by atoms with E-state index in [-0.39, 0.29) is 5.75 Å². The summed E-state index contributed by atoms with van der Waals surface area (Å²) < 4.78 is 25.8. The van der Waals surface area contributed by atoms with Crippen LogP contribution in [-0.2, 0) is 15.8 Å². The Kier molecular flexibility index (Phi) is 3.76. The fourth-order valence-corrected chi connectivity index (χ4v) is 3.82. The summed E-state index contributed by atoms with van der Waals surface area (Å²) in [7, 11) is -3.17. The molecule has 94 valence electrons. The SMILES string of the molecule is CC1CCN(S(=O)(=O)Cc2ccc(Cl)cc2)C1. The smallest absolute Gasteiger partial charge is 0.212 e. The first-order chi connectivity index (χ1) is 7.97. The molecule has 1 saturated heterocycles. The first-order valence-electron chi connectivity index (χ1n) is 5.69. The highest BCUT2D eigenvalue weighted by molar-refractivity contribution is 7.88. The Labute approximate surface area is 107 Å². The number of rotatable bonds is 3. The zero-order chi connectivity index (χ0) is 12.5. The summed E-state index contributed by atoms with van der Waals surface area (Å²) in [6, 6.07) is 6.97. The third-order valence-corrected chi connectivity index (χ3v) is 5.11. The number of sulfonamides is 1. The van der Waals surface area contributed by atoms with E-state index in [1.807, 2.05) is 0 Å². The second kappa shape index (κ2) is 4.96. The molecule has 0 saturated carbocycles. The first kappa shape index (κ1) is 12.9. The molecule has 0 spiro atoms. The van der Waals surface area contributed by atoms with E-state index in [1.54, 1.807) is 28.6 Å². The van der Waals surface area contributed by atoms with Crippen LogP contribution in [0.4, 0.5) is 0 Å². The van der Waals surface area contributed by atoms with Gasteiger partial charge in [0.1, 0.15) is 0 Å². The minimum Gasteiger partial charge on any atom is -0.212 e. The van der Waals surface area contributed by atoms with Crippen LogP contribution in [-0.4, -0.2) is 25.8 Å². The molecule has 0 aliphatic carbocycles. The maximum Gasteiger partial charge on any atom is 0.218 e. The van der Waals surface area contributed by atoms with Crippen molar-refractivity contribution in [2.45, 2.75) is 19.1 Å². The van der Waals surface area contributed by atoms with Crippen LogP contribution in [0.3, 0.4) is 0 Å². The Hall–Kier alpha value is -0.580. The molecule has 17 heavy (non-hydrogen) atoms. The van der Waals surface area contributed by atoms with E-state index >= 15 is 0 Å². The molecule has 0 aromatic heterocycles. The zero-order valence-electron chi connectivity index (χ0n) is 9.77. The number of halogens is 1. The molecule has 0 radical (unpaired) electrons. The zero-order valence-corrected chi connectivity index (χ0v) is 11.3. The minimum absolute atomic E-state index is 0.0664. The monoisotopic (exact) mass is 273 g/mol. The summed E-state index contributed by atoms with van der Waals surface area (Å²) in [5, 5.41) is 0.626. The van der Waals surface area contributed by atoms with Crippen molar-refractivity contribution in [3.8, 4) is 0 Å². The third kappa shape index (κ3) is 3.21. The van der Waals surface area contributed by atoms with Crippen molar-refractivity contribution in [1.29, 1.82) is 0 Å². The van der Waals surface area contributed by atoms with Crippen LogP contribution in [0.1, 0.15) is 18.9 Å². The van der Waals surface area contributed by atoms with Gasteiger partial charge < -0.3 is 0 Å². The number of hydrogen-bond acceptors (Lipinski definition) is 2. The molecule has 1 fully saturated rings. The van der Waals surface area contributed by atoms with Gasteiger partial charge in [-0.15, -0.1) is 0 Å². The molecule has 1 heterocycles. The Bertz CT molecular complexity index is 484. The topological polar surface area (TPSA) is 37.4 Å². The van der Waals surface area contributed by atoms with E-state index in [0.29, 0.717) is 24.0 Å². The molecule has 3 nitrogen and oxygen atoms in total. The Morgan fingerprint density at radius 1 is 1.35 bits per heavy atom. The van der Waals surface area contributed by atoms with Gasteiger partial charge in [0, 0.05) is 18.1 Å². The van der Waals surface area contributed by atoms with Gasteiger partial charge in [0.25, 0.3) is 0 Å². The van der Waals surface area contributed by atoms with E-state index in [4.69, 9.17) is 11.6 Å². The highest BCUT2D eigenvalue weighted by Gasteiger charge is 2.29. The molecule has 1 aromatic rings. The normalized spacial score (nSPS) is 21.9. The summed E-state index contributed by atoms with van der Waals surface area (Å²) in [6.07, 6.45) is 0.958. The molecule has 1 aromatic carbocycles. The third-order valence-electron chi connectivity index (χ3n) is 3.04. The van der Waals surface area contributed by atoms with E-state index in [0.717, 1.165) is 12.0 Å². The minimum atomic E-state index is -3.17. The van der Waals surface area contributed by atoms with Crippen LogP contribution in [0, 0.1) is 5.92 Å². The fraction of sp³-hybridized carbons (Fsp3) is 0.500. The highest BCUT2D eigenvalue weighted by Crippen LogP contribution is 2.21. The number of hydrogen-bond donors (Lipinski definition) is 0. The Balaban J connectivity index is 2.09. The molecular formula is C12H16ClNO2S. The van der Waals surface area contributed by atoms with Crippen molar-refractivity contribution >= 4 is 21.6 Å². The molecule has 1 aliphatic heterocycles. The van der Waals surface area contributed by atoms with E-state index in [1.165, 1.54) is 0 Å². The predicted molar refractivity (Wildman–Crippen MR) is 69.4 cm³/mol. The predicted octanol–water partition coefficient (Wildman–Crippen LogP) is 2.51. The maximum absolute atomic E-state index is 12.1. The van der Waals surface area contributed by atoms with E-state index < -0.39 is 10.0 Å². The van der Waals surface area contributed by atoms with Crippen molar-refractivity contribution in [2.75, 3.05) is 13.1 Å². The fourth-order valence-electron chi connectivity index (χ4n) is 2.03. The molecule has 0 bridgehead atoms. The van der Waals surface area contributed by atoms with Crippen LogP contribution in [0.25, 0.3) is 0 Å². The van der Waals surface area contributed by atoms with Crippen molar-refractivity contribution in [2.24, 2.45) is 5.92 Å².